The lowest BCUT2D eigenvalue weighted by molar-refractivity contribution is 1.00. The number of thioether (sulfide) groups is 1. The molecule has 5 heteroatoms. The van der Waals surface area contributed by atoms with Crippen molar-refractivity contribution in [3.05, 3.63) is 40.5 Å². The minimum Gasteiger partial charge on any atom is -0.339 e. The van der Waals surface area contributed by atoms with Crippen LogP contribution in [0.5, 0.6) is 0 Å². The fourth-order valence-corrected chi connectivity index (χ4v) is 2.09. The van der Waals surface area contributed by atoms with E-state index < -0.39 is 0 Å². The molecule has 0 fully saturated rings. The first-order valence-electron chi connectivity index (χ1n) is 5.52. The minimum absolute atomic E-state index is 0.454. The Labute approximate surface area is 116 Å². The zero-order chi connectivity index (χ0) is 13.1. The second kappa shape index (κ2) is 5.59. The molecule has 0 radical (unpaired) electrons. The molecular weight excluding hydrogens is 266 g/mol. The van der Waals surface area contributed by atoms with Crippen molar-refractivity contribution in [1.29, 1.82) is 0 Å². The van der Waals surface area contributed by atoms with E-state index in [-0.39, 0.29) is 0 Å². The van der Waals surface area contributed by atoms with Crippen LogP contribution in [0.4, 0.5) is 11.5 Å². The molecule has 0 atom stereocenters. The molecule has 1 heterocycles. The largest absolute Gasteiger partial charge is 0.339 e. The van der Waals surface area contributed by atoms with Gasteiger partial charge in [-0.1, -0.05) is 11.6 Å². The standard InChI is InChI=1S/C13H14ClN3S/c1-8-9(2)13(17-16-12(8)14)15-10-4-6-11(18-3)7-5-10/h4-7H,1-3H3,(H,15,17). The second-order valence-corrected chi connectivity index (χ2v) is 5.18. The Balaban J connectivity index is 2.25. The molecule has 0 bridgehead atoms. The van der Waals surface area contributed by atoms with Gasteiger partial charge in [0.15, 0.2) is 11.0 Å². The minimum atomic E-state index is 0.454. The van der Waals surface area contributed by atoms with Crippen molar-refractivity contribution in [2.24, 2.45) is 0 Å². The molecule has 0 spiro atoms. The molecule has 94 valence electrons. The first-order valence-corrected chi connectivity index (χ1v) is 7.12. The van der Waals surface area contributed by atoms with Crippen molar-refractivity contribution in [2.75, 3.05) is 11.6 Å². The van der Waals surface area contributed by atoms with Crippen molar-refractivity contribution in [3.8, 4) is 0 Å². The van der Waals surface area contributed by atoms with Crippen LogP contribution in [0.1, 0.15) is 11.1 Å². The summed E-state index contributed by atoms with van der Waals surface area (Å²) in [5.41, 5.74) is 2.96. The van der Waals surface area contributed by atoms with Crippen LogP contribution in [-0.4, -0.2) is 16.5 Å². The highest BCUT2D eigenvalue weighted by Crippen LogP contribution is 2.24. The van der Waals surface area contributed by atoms with Crippen molar-refractivity contribution < 1.29 is 0 Å². The number of halogens is 1. The van der Waals surface area contributed by atoms with Gasteiger partial charge >= 0.3 is 0 Å². The highest BCUT2D eigenvalue weighted by molar-refractivity contribution is 7.98. The predicted molar refractivity (Wildman–Crippen MR) is 78.0 cm³/mol. The Bertz CT molecular complexity index is 555. The van der Waals surface area contributed by atoms with Crippen LogP contribution < -0.4 is 5.32 Å². The SMILES string of the molecule is CSc1ccc(Nc2nnc(Cl)c(C)c2C)cc1. The summed E-state index contributed by atoms with van der Waals surface area (Å²) in [6.45, 7) is 3.92. The Morgan fingerprint density at radius 1 is 1.06 bits per heavy atom. The molecule has 0 amide bonds. The highest BCUT2D eigenvalue weighted by atomic mass is 35.5. The number of hydrogen-bond donors (Lipinski definition) is 1. The molecule has 1 N–H and O–H groups in total. The number of anilines is 2. The van der Waals surface area contributed by atoms with Gasteiger partial charge in [-0.15, -0.1) is 22.0 Å². The number of aromatic nitrogens is 2. The molecule has 2 aromatic rings. The van der Waals surface area contributed by atoms with E-state index in [4.69, 9.17) is 11.6 Å². The van der Waals surface area contributed by atoms with Crippen molar-refractivity contribution in [1.82, 2.24) is 10.2 Å². The number of benzene rings is 1. The maximum Gasteiger partial charge on any atom is 0.156 e. The molecule has 3 nitrogen and oxygen atoms in total. The number of rotatable bonds is 3. The summed E-state index contributed by atoms with van der Waals surface area (Å²) in [6.07, 6.45) is 2.06. The molecule has 0 aliphatic heterocycles. The van der Waals surface area contributed by atoms with Crippen LogP contribution in [0.15, 0.2) is 29.2 Å². The summed E-state index contributed by atoms with van der Waals surface area (Å²) in [5.74, 6) is 0.744. The van der Waals surface area contributed by atoms with E-state index in [9.17, 15) is 0 Å². The summed E-state index contributed by atoms with van der Waals surface area (Å²) >= 11 is 7.64. The van der Waals surface area contributed by atoms with Crippen LogP contribution in [0.2, 0.25) is 5.15 Å². The Kier molecular flexibility index (Phi) is 4.09. The van der Waals surface area contributed by atoms with Gasteiger partial charge in [-0.3, -0.25) is 0 Å². The molecule has 0 aliphatic carbocycles. The summed E-state index contributed by atoms with van der Waals surface area (Å²) < 4.78 is 0. The Morgan fingerprint density at radius 2 is 1.72 bits per heavy atom. The molecule has 1 aromatic heterocycles. The Morgan fingerprint density at radius 3 is 2.33 bits per heavy atom. The van der Waals surface area contributed by atoms with Gasteiger partial charge in [0, 0.05) is 10.6 Å². The summed E-state index contributed by atoms with van der Waals surface area (Å²) in [7, 11) is 0. The topological polar surface area (TPSA) is 37.8 Å². The average molecular weight is 280 g/mol. The van der Waals surface area contributed by atoms with Gasteiger partial charge in [0.25, 0.3) is 0 Å². The normalized spacial score (nSPS) is 10.4. The molecular formula is C13H14ClN3S. The maximum absolute atomic E-state index is 5.92. The van der Waals surface area contributed by atoms with Crippen molar-refractivity contribution in [2.45, 2.75) is 18.7 Å². The third-order valence-corrected chi connectivity index (χ3v) is 3.92. The van der Waals surface area contributed by atoms with E-state index in [1.165, 1.54) is 4.90 Å². The van der Waals surface area contributed by atoms with Gasteiger partial charge in [0.05, 0.1) is 0 Å². The summed E-state index contributed by atoms with van der Waals surface area (Å²) in [5, 5.41) is 11.7. The number of hydrogen-bond acceptors (Lipinski definition) is 4. The van der Waals surface area contributed by atoms with Gasteiger partial charge in [0.1, 0.15) is 0 Å². The lowest BCUT2D eigenvalue weighted by Crippen LogP contribution is -2.01. The van der Waals surface area contributed by atoms with Gasteiger partial charge in [-0.2, -0.15) is 0 Å². The summed E-state index contributed by atoms with van der Waals surface area (Å²) in [4.78, 5) is 1.23. The lowest BCUT2D eigenvalue weighted by Gasteiger charge is -2.10. The van der Waals surface area contributed by atoms with Crippen LogP contribution in [-0.2, 0) is 0 Å². The van der Waals surface area contributed by atoms with Gasteiger partial charge in [-0.05, 0) is 55.5 Å². The van der Waals surface area contributed by atoms with E-state index in [1.54, 1.807) is 11.8 Å². The maximum atomic E-state index is 5.92. The first-order chi connectivity index (χ1) is 8.61. The quantitative estimate of drug-likeness (QED) is 0.854. The highest BCUT2D eigenvalue weighted by Gasteiger charge is 2.08. The van der Waals surface area contributed by atoms with Gasteiger partial charge in [0.2, 0.25) is 0 Å². The molecule has 18 heavy (non-hydrogen) atoms. The van der Waals surface area contributed by atoms with Crippen molar-refractivity contribution >= 4 is 34.9 Å². The van der Waals surface area contributed by atoms with E-state index in [2.05, 4.69) is 33.9 Å². The van der Waals surface area contributed by atoms with Crippen LogP contribution >= 0.6 is 23.4 Å². The molecule has 0 saturated carbocycles. The fourth-order valence-electron chi connectivity index (χ4n) is 1.51. The predicted octanol–water partition coefficient (Wildman–Crippen LogP) is 4.21. The van der Waals surface area contributed by atoms with E-state index >= 15 is 0 Å². The summed E-state index contributed by atoms with van der Waals surface area (Å²) in [6, 6.07) is 8.19. The zero-order valence-electron chi connectivity index (χ0n) is 10.5. The molecule has 0 aliphatic rings. The average Bonchev–Trinajstić information content (AvgIpc) is 2.40. The molecule has 1 aromatic carbocycles. The van der Waals surface area contributed by atoms with Crippen molar-refractivity contribution in [3.63, 3.8) is 0 Å². The third-order valence-electron chi connectivity index (χ3n) is 2.82. The number of nitrogens with zero attached hydrogens (tertiary/aromatic N) is 2. The van der Waals surface area contributed by atoms with Gasteiger partial charge < -0.3 is 5.32 Å². The molecule has 2 rings (SSSR count). The van der Waals surface area contributed by atoms with E-state index in [1.807, 2.05) is 26.0 Å². The molecule has 0 saturated heterocycles. The van der Waals surface area contributed by atoms with Crippen LogP contribution in [0.25, 0.3) is 0 Å². The fraction of sp³-hybridized carbons (Fsp3) is 0.231. The number of nitrogens with one attached hydrogen (secondary N) is 1. The van der Waals surface area contributed by atoms with Gasteiger partial charge in [-0.25, -0.2) is 0 Å². The third kappa shape index (κ3) is 2.76. The monoisotopic (exact) mass is 279 g/mol. The van der Waals surface area contributed by atoms with Crippen LogP contribution in [0, 0.1) is 13.8 Å². The van der Waals surface area contributed by atoms with Crippen LogP contribution in [0.3, 0.4) is 0 Å². The Hall–Kier alpha value is -1.26. The lowest BCUT2D eigenvalue weighted by atomic mass is 10.2. The molecule has 0 unspecified atom stereocenters. The van der Waals surface area contributed by atoms with E-state index in [0.717, 1.165) is 22.6 Å². The second-order valence-electron chi connectivity index (χ2n) is 3.94. The first kappa shape index (κ1) is 13.2. The van der Waals surface area contributed by atoms with E-state index in [0.29, 0.717) is 5.15 Å². The zero-order valence-corrected chi connectivity index (χ0v) is 12.1. The smallest absolute Gasteiger partial charge is 0.156 e.